The Kier molecular flexibility index (Phi) is 6.93. The van der Waals surface area contributed by atoms with Crippen LogP contribution in [0.3, 0.4) is 0 Å². The summed E-state index contributed by atoms with van der Waals surface area (Å²) < 4.78 is 13.9. The first-order valence-corrected chi connectivity index (χ1v) is 12.8. The Morgan fingerprint density at radius 3 is 2.69 bits per heavy atom. The summed E-state index contributed by atoms with van der Waals surface area (Å²) in [5.74, 6) is 0.989. The number of ether oxygens (including phenoxy) is 2. The summed E-state index contributed by atoms with van der Waals surface area (Å²) in [7, 11) is 0. The Morgan fingerprint density at radius 1 is 1.14 bits per heavy atom. The molecule has 4 aromatic rings. The number of allylic oxidation sites excluding steroid dienone is 1. The largest absolute Gasteiger partial charge is 0.504 e. The van der Waals surface area contributed by atoms with Crippen molar-refractivity contribution in [2.75, 3.05) is 32.8 Å². The standard InChI is InChI=1S/C29H29N3O3S/c1-3-31-18-21(17-30)20-10-11-27-25(16-20)24-8-4-7-23(29(24)36-27)22-6-5-9-26(33)28(22)35-19(2)32-12-14-34-15-13-32/h4-11,16-18,33H,2-3,12-15,30H2,1H3/b21-17+,31-18?. The molecule has 0 amide bonds. The van der Waals surface area contributed by atoms with Crippen molar-refractivity contribution >= 4 is 43.3 Å². The van der Waals surface area contributed by atoms with E-state index in [0.29, 0.717) is 44.5 Å². The van der Waals surface area contributed by atoms with Gasteiger partial charge in [-0.15, -0.1) is 11.3 Å². The van der Waals surface area contributed by atoms with E-state index in [2.05, 4.69) is 41.9 Å². The van der Waals surface area contributed by atoms with Crippen LogP contribution in [-0.2, 0) is 4.74 Å². The summed E-state index contributed by atoms with van der Waals surface area (Å²) in [4.78, 5) is 6.39. The van der Waals surface area contributed by atoms with Crippen molar-refractivity contribution < 1.29 is 14.6 Å². The number of nitrogens with zero attached hydrogens (tertiary/aromatic N) is 2. The lowest BCUT2D eigenvalue weighted by molar-refractivity contribution is 0.0352. The van der Waals surface area contributed by atoms with Crippen LogP contribution in [0.15, 0.2) is 78.3 Å². The SMILES string of the molecule is C=C(Oc1c(O)cccc1-c1cccc2c1sc1ccc(/C(C=NCC)=C/N)cc12)N1CCOCC1. The van der Waals surface area contributed by atoms with Crippen molar-refractivity contribution in [1.29, 1.82) is 0 Å². The van der Waals surface area contributed by atoms with Gasteiger partial charge in [-0.1, -0.05) is 36.4 Å². The van der Waals surface area contributed by atoms with Crippen LogP contribution in [-0.4, -0.2) is 49.1 Å². The lowest BCUT2D eigenvalue weighted by Gasteiger charge is -2.30. The molecule has 1 saturated heterocycles. The fourth-order valence-electron chi connectivity index (χ4n) is 4.43. The third-order valence-corrected chi connectivity index (χ3v) is 7.51. The van der Waals surface area contributed by atoms with Gasteiger partial charge in [-0.3, -0.25) is 4.99 Å². The molecular formula is C29H29N3O3S. The maximum atomic E-state index is 10.8. The Morgan fingerprint density at radius 2 is 1.92 bits per heavy atom. The molecule has 1 aliphatic heterocycles. The molecule has 0 unspecified atom stereocenters. The monoisotopic (exact) mass is 499 g/mol. The highest BCUT2D eigenvalue weighted by molar-refractivity contribution is 7.26. The minimum absolute atomic E-state index is 0.0789. The number of aliphatic imine (C=N–C) groups is 1. The smallest absolute Gasteiger partial charge is 0.189 e. The van der Waals surface area contributed by atoms with Crippen LogP contribution in [0.1, 0.15) is 12.5 Å². The van der Waals surface area contributed by atoms with E-state index in [1.807, 2.05) is 36.2 Å². The van der Waals surface area contributed by atoms with Gasteiger partial charge >= 0.3 is 0 Å². The first kappa shape index (κ1) is 23.9. The lowest BCUT2D eigenvalue weighted by atomic mass is 10.00. The molecule has 1 aromatic heterocycles. The first-order valence-electron chi connectivity index (χ1n) is 12.0. The predicted octanol–water partition coefficient (Wildman–Crippen LogP) is 6.00. The topological polar surface area (TPSA) is 80.3 Å². The predicted molar refractivity (Wildman–Crippen MR) is 150 cm³/mol. The summed E-state index contributed by atoms with van der Waals surface area (Å²) in [5, 5.41) is 13.1. The fourth-order valence-corrected chi connectivity index (χ4v) is 5.64. The van der Waals surface area contributed by atoms with Crippen LogP contribution in [0.4, 0.5) is 0 Å². The lowest BCUT2D eigenvalue weighted by Crippen LogP contribution is -2.36. The number of hydrogen-bond acceptors (Lipinski definition) is 7. The minimum Gasteiger partial charge on any atom is -0.504 e. The van der Waals surface area contributed by atoms with Gasteiger partial charge < -0.3 is 25.2 Å². The minimum atomic E-state index is 0.0789. The number of phenolic OH excluding ortho intramolecular Hbond substituents is 1. The molecule has 3 aromatic carbocycles. The molecule has 7 heteroatoms. The highest BCUT2D eigenvalue weighted by atomic mass is 32.1. The van der Waals surface area contributed by atoms with Crippen molar-refractivity contribution in [3.63, 3.8) is 0 Å². The summed E-state index contributed by atoms with van der Waals surface area (Å²) in [6, 6.07) is 18.1. The van der Waals surface area contributed by atoms with Gasteiger partial charge in [0.2, 0.25) is 0 Å². The number of fused-ring (bicyclic) bond motifs is 3. The van der Waals surface area contributed by atoms with Gasteiger partial charge in [-0.25, -0.2) is 0 Å². The van der Waals surface area contributed by atoms with Crippen molar-refractivity contribution in [3.8, 4) is 22.6 Å². The summed E-state index contributed by atoms with van der Waals surface area (Å²) >= 11 is 1.72. The molecule has 0 spiro atoms. The fraction of sp³-hybridized carbons (Fsp3) is 0.207. The number of morpholine rings is 1. The molecule has 6 nitrogen and oxygen atoms in total. The van der Waals surface area contributed by atoms with Gasteiger partial charge in [0, 0.05) is 68.9 Å². The van der Waals surface area contributed by atoms with Crippen molar-refractivity contribution in [2.45, 2.75) is 6.92 Å². The number of para-hydroxylation sites is 1. The van der Waals surface area contributed by atoms with Gasteiger partial charge in [-0.05, 0) is 37.3 Å². The second-order valence-electron chi connectivity index (χ2n) is 8.49. The first-order chi connectivity index (χ1) is 17.6. The molecule has 1 aliphatic rings. The Labute approximate surface area is 214 Å². The van der Waals surface area contributed by atoms with Gasteiger partial charge in [0.25, 0.3) is 0 Å². The maximum absolute atomic E-state index is 10.8. The third-order valence-electron chi connectivity index (χ3n) is 6.29. The molecule has 2 heterocycles. The van der Waals surface area contributed by atoms with Crippen LogP contribution in [0, 0.1) is 0 Å². The average molecular weight is 500 g/mol. The number of hydrogen-bond donors (Lipinski definition) is 2. The van der Waals surface area contributed by atoms with Crippen molar-refractivity contribution in [1.82, 2.24) is 4.90 Å². The molecule has 0 atom stereocenters. The summed E-state index contributed by atoms with van der Waals surface area (Å²) in [5.41, 5.74) is 9.63. The number of aromatic hydroxyl groups is 1. The highest BCUT2D eigenvalue weighted by Gasteiger charge is 2.20. The zero-order valence-electron chi connectivity index (χ0n) is 20.2. The molecule has 0 aliphatic carbocycles. The van der Waals surface area contributed by atoms with E-state index in [1.54, 1.807) is 23.6 Å². The van der Waals surface area contributed by atoms with Crippen LogP contribution in [0.5, 0.6) is 11.5 Å². The van der Waals surface area contributed by atoms with Crippen LogP contribution < -0.4 is 10.5 Å². The van der Waals surface area contributed by atoms with E-state index in [0.717, 1.165) is 37.7 Å². The molecule has 0 saturated carbocycles. The summed E-state index contributed by atoms with van der Waals surface area (Å²) in [6.45, 7) is 9.49. The van der Waals surface area contributed by atoms with Gasteiger partial charge in [0.05, 0.1) is 13.2 Å². The molecule has 36 heavy (non-hydrogen) atoms. The molecule has 184 valence electrons. The molecule has 5 rings (SSSR count). The Bertz CT molecular complexity index is 1480. The normalized spacial score (nSPS) is 14.7. The van der Waals surface area contributed by atoms with E-state index in [-0.39, 0.29) is 5.75 Å². The van der Waals surface area contributed by atoms with E-state index < -0.39 is 0 Å². The van der Waals surface area contributed by atoms with Crippen LogP contribution in [0.25, 0.3) is 36.9 Å². The van der Waals surface area contributed by atoms with Gasteiger partial charge in [-0.2, -0.15) is 0 Å². The van der Waals surface area contributed by atoms with E-state index in [9.17, 15) is 5.11 Å². The Hall–Kier alpha value is -3.81. The van der Waals surface area contributed by atoms with Gasteiger partial charge in [0.15, 0.2) is 17.4 Å². The molecule has 3 N–H and O–H groups in total. The van der Waals surface area contributed by atoms with Gasteiger partial charge in [0.1, 0.15) is 0 Å². The van der Waals surface area contributed by atoms with E-state index in [1.165, 1.54) is 4.70 Å². The molecule has 0 radical (unpaired) electrons. The van der Waals surface area contributed by atoms with Crippen LogP contribution >= 0.6 is 11.3 Å². The quantitative estimate of drug-likeness (QED) is 0.241. The average Bonchev–Trinajstić information content (AvgIpc) is 3.29. The number of benzene rings is 3. The second kappa shape index (κ2) is 10.4. The molecule has 0 bridgehead atoms. The number of thiophene rings is 1. The second-order valence-corrected chi connectivity index (χ2v) is 9.55. The van der Waals surface area contributed by atoms with E-state index >= 15 is 0 Å². The zero-order valence-corrected chi connectivity index (χ0v) is 21.1. The van der Waals surface area contributed by atoms with Crippen LogP contribution in [0.2, 0.25) is 0 Å². The van der Waals surface area contributed by atoms with Crippen molar-refractivity contribution in [3.05, 3.63) is 78.8 Å². The number of nitrogens with two attached hydrogens (primary N) is 1. The third kappa shape index (κ3) is 4.55. The number of phenols is 1. The summed E-state index contributed by atoms with van der Waals surface area (Å²) in [6.07, 6.45) is 3.41. The maximum Gasteiger partial charge on any atom is 0.189 e. The Balaban J connectivity index is 1.59. The molecule has 1 fully saturated rings. The zero-order chi connectivity index (χ0) is 25.1. The number of rotatable bonds is 7. The molecular weight excluding hydrogens is 470 g/mol. The van der Waals surface area contributed by atoms with Crippen molar-refractivity contribution in [2.24, 2.45) is 10.7 Å². The highest BCUT2D eigenvalue weighted by Crippen LogP contribution is 2.45. The van der Waals surface area contributed by atoms with E-state index in [4.69, 9.17) is 15.2 Å².